The van der Waals surface area contributed by atoms with Crippen molar-refractivity contribution in [1.82, 2.24) is 9.03 Å². The third-order valence-electron chi connectivity index (χ3n) is 2.81. The van der Waals surface area contributed by atoms with Crippen molar-refractivity contribution in [2.45, 2.75) is 30.5 Å². The number of alkyl halides is 1. The molecule has 15 heavy (non-hydrogen) atoms. The van der Waals surface area contributed by atoms with Gasteiger partial charge in [0.2, 0.25) is 0 Å². The Bertz CT molecular complexity index is 284. The van der Waals surface area contributed by atoms with E-state index in [1.807, 2.05) is 0 Å². The summed E-state index contributed by atoms with van der Waals surface area (Å²) >= 11 is 3.58. The molecule has 1 N–H and O–H groups in total. The van der Waals surface area contributed by atoms with Crippen molar-refractivity contribution >= 4 is 26.1 Å². The zero-order chi connectivity index (χ0) is 11.5. The molecule has 0 aliphatic heterocycles. The molecule has 0 unspecified atom stereocenters. The first-order valence-corrected chi connectivity index (χ1v) is 7.58. The fourth-order valence-electron chi connectivity index (χ4n) is 1.68. The molecule has 1 rings (SSSR count). The van der Waals surface area contributed by atoms with E-state index in [2.05, 4.69) is 20.7 Å². The standard InChI is InChI=1S/C9H19BrN2O2S/c1-12(2)15(13,14)11-7-8-3-5-9(10)6-4-8/h8-9,11H,3-7H2,1-2H3. The Balaban J connectivity index is 2.32. The van der Waals surface area contributed by atoms with Gasteiger partial charge in [-0.15, -0.1) is 0 Å². The average molecular weight is 299 g/mol. The highest BCUT2D eigenvalue weighted by Gasteiger charge is 2.21. The number of hydrogen-bond acceptors (Lipinski definition) is 2. The average Bonchev–Trinajstić information content (AvgIpc) is 2.17. The van der Waals surface area contributed by atoms with Gasteiger partial charge in [-0.25, -0.2) is 4.72 Å². The van der Waals surface area contributed by atoms with Crippen LogP contribution < -0.4 is 4.72 Å². The normalized spacial score (nSPS) is 28.3. The molecule has 1 aliphatic rings. The van der Waals surface area contributed by atoms with E-state index < -0.39 is 10.2 Å². The molecule has 0 radical (unpaired) electrons. The molecule has 90 valence electrons. The molecule has 1 aliphatic carbocycles. The van der Waals surface area contributed by atoms with Crippen molar-refractivity contribution in [1.29, 1.82) is 0 Å². The lowest BCUT2D eigenvalue weighted by atomic mass is 9.89. The highest BCUT2D eigenvalue weighted by molar-refractivity contribution is 9.09. The Labute approximate surface area is 101 Å². The smallest absolute Gasteiger partial charge is 0.202 e. The number of halogens is 1. The highest BCUT2D eigenvalue weighted by atomic mass is 79.9. The first-order chi connectivity index (χ1) is 6.92. The Kier molecular flexibility index (Phi) is 5.02. The maximum Gasteiger partial charge on any atom is 0.278 e. The van der Waals surface area contributed by atoms with Crippen LogP contribution in [-0.4, -0.2) is 38.2 Å². The summed E-state index contributed by atoms with van der Waals surface area (Å²) in [4.78, 5) is 0.624. The minimum Gasteiger partial charge on any atom is -0.202 e. The van der Waals surface area contributed by atoms with Crippen LogP contribution in [0, 0.1) is 5.92 Å². The molecule has 0 spiro atoms. The summed E-state index contributed by atoms with van der Waals surface area (Å²) in [6.07, 6.45) is 4.50. The molecule has 0 saturated heterocycles. The summed E-state index contributed by atoms with van der Waals surface area (Å²) in [7, 11) is -0.161. The van der Waals surface area contributed by atoms with Crippen LogP contribution in [0.3, 0.4) is 0 Å². The van der Waals surface area contributed by atoms with E-state index in [9.17, 15) is 8.42 Å². The number of rotatable bonds is 4. The molecule has 0 heterocycles. The number of nitrogens with one attached hydrogen (secondary N) is 1. The van der Waals surface area contributed by atoms with Gasteiger partial charge in [-0.05, 0) is 31.6 Å². The summed E-state index contributed by atoms with van der Waals surface area (Å²) < 4.78 is 26.7. The Morgan fingerprint density at radius 3 is 2.27 bits per heavy atom. The molecule has 0 aromatic carbocycles. The molecular formula is C9H19BrN2O2S. The maximum absolute atomic E-state index is 11.4. The molecular weight excluding hydrogens is 280 g/mol. The van der Waals surface area contributed by atoms with Gasteiger partial charge in [0.05, 0.1) is 0 Å². The van der Waals surface area contributed by atoms with Crippen molar-refractivity contribution < 1.29 is 8.42 Å². The fourth-order valence-corrected chi connectivity index (χ4v) is 2.91. The molecule has 0 aromatic rings. The van der Waals surface area contributed by atoms with Gasteiger partial charge in [-0.2, -0.15) is 12.7 Å². The van der Waals surface area contributed by atoms with Crippen LogP contribution in [0.1, 0.15) is 25.7 Å². The van der Waals surface area contributed by atoms with Gasteiger partial charge in [-0.3, -0.25) is 0 Å². The van der Waals surface area contributed by atoms with Gasteiger partial charge >= 0.3 is 0 Å². The Morgan fingerprint density at radius 1 is 1.27 bits per heavy atom. The van der Waals surface area contributed by atoms with Crippen LogP contribution in [0.4, 0.5) is 0 Å². The van der Waals surface area contributed by atoms with E-state index in [4.69, 9.17) is 0 Å². The Morgan fingerprint density at radius 2 is 1.80 bits per heavy atom. The maximum atomic E-state index is 11.4. The van der Waals surface area contributed by atoms with Gasteiger partial charge in [0.15, 0.2) is 0 Å². The van der Waals surface area contributed by atoms with Crippen molar-refractivity contribution in [3.05, 3.63) is 0 Å². The van der Waals surface area contributed by atoms with Gasteiger partial charge in [0.1, 0.15) is 0 Å². The number of hydrogen-bond donors (Lipinski definition) is 1. The molecule has 1 saturated carbocycles. The van der Waals surface area contributed by atoms with E-state index >= 15 is 0 Å². The lowest BCUT2D eigenvalue weighted by Crippen LogP contribution is -2.39. The fraction of sp³-hybridized carbons (Fsp3) is 1.00. The van der Waals surface area contributed by atoms with Crippen molar-refractivity contribution in [2.24, 2.45) is 5.92 Å². The van der Waals surface area contributed by atoms with Gasteiger partial charge < -0.3 is 0 Å². The summed E-state index contributed by atoms with van der Waals surface area (Å²) in [6.45, 7) is 0.570. The SMILES string of the molecule is CN(C)S(=O)(=O)NCC1CCC(Br)CC1. The molecule has 0 aromatic heterocycles. The zero-order valence-corrected chi connectivity index (χ0v) is 11.6. The van der Waals surface area contributed by atoms with Crippen molar-refractivity contribution in [3.8, 4) is 0 Å². The largest absolute Gasteiger partial charge is 0.278 e. The lowest BCUT2D eigenvalue weighted by Gasteiger charge is -2.25. The van der Waals surface area contributed by atoms with Crippen LogP contribution in [-0.2, 0) is 10.2 Å². The van der Waals surface area contributed by atoms with E-state index in [0.29, 0.717) is 17.3 Å². The predicted octanol–water partition coefficient (Wildman–Crippen LogP) is 1.34. The molecule has 0 amide bonds. The van der Waals surface area contributed by atoms with E-state index in [1.54, 1.807) is 0 Å². The van der Waals surface area contributed by atoms with Crippen LogP contribution in [0.25, 0.3) is 0 Å². The van der Waals surface area contributed by atoms with Gasteiger partial charge in [0, 0.05) is 25.5 Å². The first kappa shape index (κ1) is 13.4. The highest BCUT2D eigenvalue weighted by Crippen LogP contribution is 2.28. The van der Waals surface area contributed by atoms with Gasteiger partial charge in [-0.1, -0.05) is 15.9 Å². The van der Waals surface area contributed by atoms with Crippen LogP contribution in [0.5, 0.6) is 0 Å². The number of nitrogens with zero attached hydrogens (tertiary/aromatic N) is 1. The van der Waals surface area contributed by atoms with Crippen LogP contribution in [0.2, 0.25) is 0 Å². The minimum absolute atomic E-state index is 0.494. The minimum atomic E-state index is -3.24. The molecule has 0 bridgehead atoms. The third-order valence-corrected chi connectivity index (χ3v) is 5.22. The molecule has 1 fully saturated rings. The lowest BCUT2D eigenvalue weighted by molar-refractivity contribution is 0.363. The summed E-state index contributed by atoms with van der Waals surface area (Å²) in [5.74, 6) is 0.494. The van der Waals surface area contributed by atoms with E-state index in [0.717, 1.165) is 25.7 Å². The van der Waals surface area contributed by atoms with Crippen LogP contribution in [0.15, 0.2) is 0 Å². The van der Waals surface area contributed by atoms with Gasteiger partial charge in [0.25, 0.3) is 10.2 Å². The second-order valence-electron chi connectivity index (χ2n) is 4.25. The summed E-state index contributed by atoms with van der Waals surface area (Å²) in [5, 5.41) is 0. The van der Waals surface area contributed by atoms with E-state index in [1.165, 1.54) is 18.4 Å². The quantitative estimate of drug-likeness (QED) is 0.796. The topological polar surface area (TPSA) is 49.4 Å². The summed E-state index contributed by atoms with van der Waals surface area (Å²) in [5.41, 5.74) is 0. The Hall–Kier alpha value is 0.350. The second kappa shape index (κ2) is 5.61. The summed E-state index contributed by atoms with van der Waals surface area (Å²) in [6, 6.07) is 0. The second-order valence-corrected chi connectivity index (χ2v) is 7.52. The molecule has 4 nitrogen and oxygen atoms in total. The molecule has 6 heteroatoms. The van der Waals surface area contributed by atoms with Crippen LogP contribution >= 0.6 is 15.9 Å². The van der Waals surface area contributed by atoms with E-state index in [-0.39, 0.29) is 0 Å². The molecule has 0 atom stereocenters. The monoisotopic (exact) mass is 298 g/mol. The van der Waals surface area contributed by atoms with Crippen molar-refractivity contribution in [3.63, 3.8) is 0 Å². The third kappa shape index (κ3) is 4.38. The predicted molar refractivity (Wildman–Crippen MR) is 65.3 cm³/mol. The zero-order valence-electron chi connectivity index (χ0n) is 9.24. The van der Waals surface area contributed by atoms with Crippen molar-refractivity contribution in [2.75, 3.05) is 20.6 Å². The first-order valence-electron chi connectivity index (χ1n) is 5.23.